The lowest BCUT2D eigenvalue weighted by Gasteiger charge is -2.02. The third kappa shape index (κ3) is 4.31. The summed E-state index contributed by atoms with van der Waals surface area (Å²) in [5.41, 5.74) is 3.15. The lowest BCUT2D eigenvalue weighted by molar-refractivity contribution is -0.109. The molecule has 0 atom stereocenters. The summed E-state index contributed by atoms with van der Waals surface area (Å²) in [4.78, 5) is 9.89. The number of carbonyl (C=O) groups is 1. The first kappa shape index (κ1) is 9.88. The largest absolute Gasteiger partial charge is 0.277 e. The summed E-state index contributed by atoms with van der Waals surface area (Å²) in [7, 11) is 0. The number of hydrogen-bond donors (Lipinski definition) is 1. The molecule has 0 aliphatic rings. The highest BCUT2D eigenvalue weighted by atomic mass is 16.1. The summed E-state index contributed by atoms with van der Waals surface area (Å²) in [6.07, 6.45) is 4.33. The monoisotopic (exact) mass is 154 g/mol. The second-order valence-corrected chi connectivity index (χ2v) is 2.44. The van der Waals surface area contributed by atoms with Crippen molar-refractivity contribution in [3.63, 3.8) is 0 Å². The molecule has 0 radical (unpaired) electrons. The Balaban J connectivity index is 4.19. The van der Waals surface area contributed by atoms with Gasteiger partial charge < -0.3 is 0 Å². The second-order valence-electron chi connectivity index (χ2n) is 2.44. The van der Waals surface area contributed by atoms with Gasteiger partial charge in [-0.2, -0.15) is 5.10 Å². The number of amides is 1. The zero-order valence-corrected chi connectivity index (χ0v) is 7.16. The van der Waals surface area contributed by atoms with Crippen molar-refractivity contribution in [3.8, 4) is 0 Å². The molecule has 11 heavy (non-hydrogen) atoms. The topological polar surface area (TPSA) is 41.5 Å². The maximum atomic E-state index is 9.89. The van der Waals surface area contributed by atoms with Crippen LogP contribution in [0.3, 0.4) is 0 Å². The van der Waals surface area contributed by atoms with Gasteiger partial charge in [0.05, 0.1) is 5.71 Å². The fourth-order valence-electron chi connectivity index (χ4n) is 0.630. The van der Waals surface area contributed by atoms with E-state index in [2.05, 4.69) is 10.5 Å². The van der Waals surface area contributed by atoms with Gasteiger partial charge in [0.1, 0.15) is 0 Å². The highest BCUT2D eigenvalue weighted by Crippen LogP contribution is 1.97. The van der Waals surface area contributed by atoms with Crippen molar-refractivity contribution >= 4 is 12.1 Å². The Hall–Kier alpha value is -1.12. The Morgan fingerprint density at radius 1 is 1.55 bits per heavy atom. The molecule has 0 aromatic heterocycles. The minimum absolute atomic E-state index is 0.332. The predicted molar refractivity (Wildman–Crippen MR) is 46.3 cm³/mol. The quantitative estimate of drug-likeness (QED) is 0.370. The molecule has 0 aliphatic carbocycles. The molecule has 0 aliphatic heterocycles. The van der Waals surface area contributed by atoms with E-state index >= 15 is 0 Å². The van der Waals surface area contributed by atoms with Crippen LogP contribution in [0.15, 0.2) is 17.3 Å². The van der Waals surface area contributed by atoms with Crippen molar-refractivity contribution in [2.75, 3.05) is 0 Å². The van der Waals surface area contributed by atoms with E-state index in [1.54, 1.807) is 0 Å². The van der Waals surface area contributed by atoms with Crippen molar-refractivity contribution in [3.05, 3.63) is 12.2 Å². The molecular weight excluding hydrogens is 140 g/mol. The first-order chi connectivity index (χ1) is 5.22. The molecule has 0 aromatic carbocycles. The zero-order valence-electron chi connectivity index (χ0n) is 7.16. The van der Waals surface area contributed by atoms with Crippen LogP contribution >= 0.6 is 0 Å². The van der Waals surface area contributed by atoms with Crippen molar-refractivity contribution in [2.24, 2.45) is 11.0 Å². The highest BCUT2D eigenvalue weighted by molar-refractivity contribution is 5.96. The smallest absolute Gasteiger partial charge is 0.227 e. The number of nitrogens with one attached hydrogen (secondary N) is 1. The third-order valence-electron chi connectivity index (χ3n) is 1.18. The van der Waals surface area contributed by atoms with E-state index in [-0.39, 0.29) is 0 Å². The number of rotatable bonds is 4. The van der Waals surface area contributed by atoms with E-state index in [1.165, 1.54) is 0 Å². The van der Waals surface area contributed by atoms with Crippen molar-refractivity contribution < 1.29 is 4.79 Å². The molecule has 3 heteroatoms. The number of allylic oxidation sites excluding steroid dienone is 2. The summed E-state index contributed by atoms with van der Waals surface area (Å²) in [6.45, 7) is 5.95. The minimum atomic E-state index is 0.332. The molecule has 0 spiro atoms. The van der Waals surface area contributed by atoms with E-state index in [0.29, 0.717) is 12.3 Å². The van der Waals surface area contributed by atoms with Crippen LogP contribution in [0.4, 0.5) is 0 Å². The summed E-state index contributed by atoms with van der Waals surface area (Å²) in [6, 6.07) is 0. The molecule has 0 heterocycles. The molecule has 0 bridgehead atoms. The molecule has 0 rings (SSSR count). The fraction of sp³-hybridized carbons (Fsp3) is 0.500. The molecule has 0 aromatic rings. The third-order valence-corrected chi connectivity index (χ3v) is 1.18. The number of carbonyl (C=O) groups excluding carboxylic acids is 1. The fourth-order valence-corrected chi connectivity index (χ4v) is 0.630. The number of hydrogen-bond acceptors (Lipinski definition) is 2. The van der Waals surface area contributed by atoms with Gasteiger partial charge in [-0.1, -0.05) is 19.9 Å². The lowest BCUT2D eigenvalue weighted by atomic mass is 10.1. The Morgan fingerprint density at radius 2 is 2.18 bits per heavy atom. The van der Waals surface area contributed by atoms with Crippen LogP contribution in [0.25, 0.3) is 0 Å². The van der Waals surface area contributed by atoms with Crippen LogP contribution in [0.5, 0.6) is 0 Å². The predicted octanol–water partition coefficient (Wildman–Crippen LogP) is 1.32. The highest BCUT2D eigenvalue weighted by Gasteiger charge is 1.98. The van der Waals surface area contributed by atoms with Gasteiger partial charge >= 0.3 is 0 Å². The van der Waals surface area contributed by atoms with Crippen LogP contribution < -0.4 is 5.43 Å². The van der Waals surface area contributed by atoms with Gasteiger partial charge in [0, 0.05) is 0 Å². The van der Waals surface area contributed by atoms with E-state index in [1.807, 2.05) is 32.9 Å². The second kappa shape index (κ2) is 5.65. The van der Waals surface area contributed by atoms with Gasteiger partial charge in [-0.25, -0.2) is 5.43 Å². The van der Waals surface area contributed by atoms with Gasteiger partial charge in [0.2, 0.25) is 6.41 Å². The number of nitrogens with zero attached hydrogens (tertiary/aromatic N) is 1. The van der Waals surface area contributed by atoms with E-state index in [0.717, 1.165) is 5.71 Å². The zero-order chi connectivity index (χ0) is 8.69. The van der Waals surface area contributed by atoms with Gasteiger partial charge in [0.15, 0.2) is 0 Å². The summed E-state index contributed by atoms with van der Waals surface area (Å²) in [5.74, 6) is 0.332. The SMILES string of the molecule is C/C=C\C(=N/NC=O)C(C)C. The Morgan fingerprint density at radius 3 is 2.55 bits per heavy atom. The maximum absolute atomic E-state index is 9.89. The lowest BCUT2D eigenvalue weighted by Crippen LogP contribution is -2.11. The van der Waals surface area contributed by atoms with Crippen molar-refractivity contribution in [1.82, 2.24) is 5.43 Å². The molecule has 0 unspecified atom stereocenters. The molecular formula is C8H14N2O. The van der Waals surface area contributed by atoms with E-state index in [4.69, 9.17) is 0 Å². The first-order valence-corrected chi connectivity index (χ1v) is 3.61. The van der Waals surface area contributed by atoms with Gasteiger partial charge in [-0.3, -0.25) is 4.79 Å². The van der Waals surface area contributed by atoms with Gasteiger partial charge in [0.25, 0.3) is 0 Å². The molecule has 1 amide bonds. The van der Waals surface area contributed by atoms with Crippen molar-refractivity contribution in [1.29, 1.82) is 0 Å². The molecule has 0 saturated heterocycles. The molecule has 0 fully saturated rings. The van der Waals surface area contributed by atoms with Crippen LogP contribution in [-0.2, 0) is 4.79 Å². The Bertz CT molecular complexity index is 171. The molecule has 62 valence electrons. The Kier molecular flexibility index (Phi) is 5.07. The van der Waals surface area contributed by atoms with Crippen LogP contribution in [-0.4, -0.2) is 12.1 Å². The minimum Gasteiger partial charge on any atom is -0.277 e. The molecule has 0 saturated carbocycles. The molecule has 3 nitrogen and oxygen atoms in total. The Labute approximate surface area is 67.2 Å². The molecule has 1 N–H and O–H groups in total. The first-order valence-electron chi connectivity index (χ1n) is 3.61. The van der Waals surface area contributed by atoms with Crippen LogP contribution in [0, 0.1) is 5.92 Å². The van der Waals surface area contributed by atoms with E-state index in [9.17, 15) is 4.79 Å². The van der Waals surface area contributed by atoms with E-state index < -0.39 is 0 Å². The standard InChI is InChI=1S/C8H14N2O/c1-4-5-8(7(2)3)10-9-6-11/h4-7H,1-3H3,(H,9,11)/b5-4-,10-8+. The van der Waals surface area contributed by atoms with Gasteiger partial charge in [-0.05, 0) is 18.9 Å². The summed E-state index contributed by atoms with van der Waals surface area (Å²) < 4.78 is 0. The van der Waals surface area contributed by atoms with Crippen LogP contribution in [0.2, 0.25) is 0 Å². The maximum Gasteiger partial charge on any atom is 0.227 e. The normalized spacial score (nSPS) is 12.5. The number of hydrazone groups is 1. The van der Waals surface area contributed by atoms with Gasteiger partial charge in [-0.15, -0.1) is 0 Å². The summed E-state index contributed by atoms with van der Waals surface area (Å²) >= 11 is 0. The summed E-state index contributed by atoms with van der Waals surface area (Å²) in [5, 5.41) is 3.84. The average molecular weight is 154 g/mol. The average Bonchev–Trinajstić information content (AvgIpc) is 1.97. The van der Waals surface area contributed by atoms with Crippen LogP contribution in [0.1, 0.15) is 20.8 Å². The van der Waals surface area contributed by atoms with Crippen molar-refractivity contribution in [2.45, 2.75) is 20.8 Å².